The number of halogens is 3. The van der Waals surface area contributed by atoms with Crippen LogP contribution in [0.2, 0.25) is 0 Å². The Morgan fingerprint density at radius 3 is 2.25 bits per heavy atom. The molecule has 1 heterocycles. The monoisotopic (exact) mass is 310 g/mol. The first-order valence-electron chi connectivity index (χ1n) is 6.74. The molecule has 1 spiro atoms. The standard InChI is InChI=1S/C12H17F3N2O2S/c13-12(14,15)8-17-7-11(16-20(17,18)19)9-3-1-2-4-10(11)6-5-9/h1-2,9-10,16H,3-8H2. The van der Waals surface area contributed by atoms with Crippen LogP contribution in [-0.2, 0) is 10.2 Å². The molecule has 0 aromatic heterocycles. The lowest BCUT2D eigenvalue weighted by Crippen LogP contribution is -2.51. The number of nitrogens with one attached hydrogen (secondary N) is 1. The first kappa shape index (κ1) is 14.3. The highest BCUT2D eigenvalue weighted by Crippen LogP contribution is 2.49. The third kappa shape index (κ3) is 2.27. The summed E-state index contributed by atoms with van der Waals surface area (Å²) in [5.41, 5.74) is -0.715. The van der Waals surface area contributed by atoms with Crippen LogP contribution in [0.25, 0.3) is 0 Å². The molecule has 1 aliphatic heterocycles. The lowest BCUT2D eigenvalue weighted by molar-refractivity contribution is -0.136. The van der Waals surface area contributed by atoms with Gasteiger partial charge in [0.15, 0.2) is 0 Å². The van der Waals surface area contributed by atoms with E-state index < -0.39 is 28.5 Å². The molecule has 0 radical (unpaired) electrons. The molecule has 1 N–H and O–H groups in total. The summed E-state index contributed by atoms with van der Waals surface area (Å²) in [5, 5.41) is 0. The molecule has 0 amide bonds. The predicted octanol–water partition coefficient (Wildman–Crippen LogP) is 1.81. The summed E-state index contributed by atoms with van der Waals surface area (Å²) in [6.45, 7) is -1.47. The number of alkyl halides is 3. The zero-order valence-corrected chi connectivity index (χ0v) is 11.7. The molecular weight excluding hydrogens is 293 g/mol. The van der Waals surface area contributed by atoms with Gasteiger partial charge in [-0.25, -0.2) is 0 Å². The van der Waals surface area contributed by atoms with Crippen LogP contribution in [0.3, 0.4) is 0 Å². The maximum absolute atomic E-state index is 12.6. The van der Waals surface area contributed by atoms with Crippen molar-refractivity contribution in [1.29, 1.82) is 0 Å². The second kappa shape index (κ2) is 4.45. The van der Waals surface area contributed by atoms with Gasteiger partial charge in [-0.1, -0.05) is 12.2 Å². The second-order valence-corrected chi connectivity index (χ2v) is 7.62. The molecule has 2 unspecified atom stereocenters. The van der Waals surface area contributed by atoms with E-state index >= 15 is 0 Å². The second-order valence-electron chi connectivity index (χ2n) is 5.94. The molecule has 2 atom stereocenters. The molecule has 4 nitrogen and oxygen atoms in total. The van der Waals surface area contributed by atoms with E-state index in [1.807, 2.05) is 12.2 Å². The van der Waals surface area contributed by atoms with E-state index in [1.165, 1.54) is 0 Å². The number of allylic oxidation sites excluding steroid dienone is 2. The highest BCUT2D eigenvalue weighted by Gasteiger charge is 2.59. The summed E-state index contributed by atoms with van der Waals surface area (Å²) in [5.74, 6) is 0.193. The number of rotatable bonds is 1. The lowest BCUT2D eigenvalue weighted by atomic mass is 9.80. The Morgan fingerprint density at radius 2 is 1.75 bits per heavy atom. The average Bonchev–Trinajstić information content (AvgIpc) is 2.59. The molecule has 3 aliphatic rings. The van der Waals surface area contributed by atoms with Gasteiger partial charge in [0.2, 0.25) is 0 Å². The zero-order valence-electron chi connectivity index (χ0n) is 10.9. The summed E-state index contributed by atoms with van der Waals surface area (Å²) in [6.07, 6.45) is 2.74. The molecule has 1 saturated carbocycles. The molecule has 1 saturated heterocycles. The van der Waals surface area contributed by atoms with E-state index in [0.717, 1.165) is 25.7 Å². The van der Waals surface area contributed by atoms with Crippen molar-refractivity contribution >= 4 is 10.2 Å². The van der Waals surface area contributed by atoms with Crippen molar-refractivity contribution in [2.75, 3.05) is 13.1 Å². The molecule has 2 bridgehead atoms. The normalized spacial score (nSPS) is 40.4. The van der Waals surface area contributed by atoms with Gasteiger partial charge in [0.05, 0.1) is 5.54 Å². The van der Waals surface area contributed by atoms with Gasteiger partial charge < -0.3 is 0 Å². The first-order chi connectivity index (χ1) is 9.23. The van der Waals surface area contributed by atoms with Crippen molar-refractivity contribution in [2.45, 2.75) is 37.4 Å². The summed E-state index contributed by atoms with van der Waals surface area (Å²) in [4.78, 5) is 0. The third-order valence-electron chi connectivity index (χ3n) is 4.78. The van der Waals surface area contributed by atoms with Crippen LogP contribution in [0, 0.1) is 11.8 Å². The van der Waals surface area contributed by atoms with Gasteiger partial charge in [0.25, 0.3) is 10.2 Å². The summed E-state index contributed by atoms with van der Waals surface area (Å²) in [6, 6.07) is 0. The van der Waals surface area contributed by atoms with E-state index in [1.54, 1.807) is 0 Å². The van der Waals surface area contributed by atoms with Crippen molar-refractivity contribution in [3.8, 4) is 0 Å². The van der Waals surface area contributed by atoms with Gasteiger partial charge in [0, 0.05) is 6.54 Å². The largest absolute Gasteiger partial charge is 0.402 e. The minimum Gasteiger partial charge on any atom is -0.195 e. The molecule has 0 aromatic rings. The molecule has 0 aromatic carbocycles. The molecule has 2 fully saturated rings. The van der Waals surface area contributed by atoms with Crippen LogP contribution in [0.4, 0.5) is 13.2 Å². The van der Waals surface area contributed by atoms with E-state index in [0.29, 0.717) is 4.31 Å². The number of nitrogens with zero attached hydrogens (tertiary/aromatic N) is 1. The van der Waals surface area contributed by atoms with Crippen molar-refractivity contribution in [3.63, 3.8) is 0 Å². The third-order valence-corrected chi connectivity index (χ3v) is 6.36. The smallest absolute Gasteiger partial charge is 0.195 e. The quantitative estimate of drug-likeness (QED) is 0.751. The number of hydrogen-bond donors (Lipinski definition) is 1. The Kier molecular flexibility index (Phi) is 3.19. The Labute approximate surface area is 116 Å². The van der Waals surface area contributed by atoms with Crippen LogP contribution in [0.5, 0.6) is 0 Å². The topological polar surface area (TPSA) is 49.4 Å². The number of hydrogen-bond acceptors (Lipinski definition) is 2. The van der Waals surface area contributed by atoms with Gasteiger partial charge in [-0.2, -0.15) is 30.6 Å². The summed E-state index contributed by atoms with van der Waals surface area (Å²) < 4.78 is 64.9. The van der Waals surface area contributed by atoms with Crippen LogP contribution in [-0.4, -0.2) is 37.5 Å². The molecular formula is C12H17F3N2O2S. The fourth-order valence-corrected chi connectivity index (χ4v) is 5.61. The van der Waals surface area contributed by atoms with Crippen LogP contribution in [0.15, 0.2) is 12.2 Å². The maximum Gasteiger partial charge on any atom is 0.402 e. The minimum absolute atomic E-state index is 0.0636. The van der Waals surface area contributed by atoms with Gasteiger partial charge in [0.1, 0.15) is 6.54 Å². The molecule has 20 heavy (non-hydrogen) atoms. The Balaban J connectivity index is 1.91. The van der Waals surface area contributed by atoms with E-state index in [2.05, 4.69) is 4.72 Å². The summed E-state index contributed by atoms with van der Waals surface area (Å²) >= 11 is 0. The van der Waals surface area contributed by atoms with E-state index in [-0.39, 0.29) is 18.4 Å². The Bertz CT molecular complexity index is 513. The van der Waals surface area contributed by atoms with E-state index in [9.17, 15) is 21.6 Å². The molecule has 8 heteroatoms. The van der Waals surface area contributed by atoms with Gasteiger partial charge >= 0.3 is 6.18 Å². The van der Waals surface area contributed by atoms with Gasteiger partial charge in [-0.05, 0) is 37.5 Å². The van der Waals surface area contributed by atoms with Crippen molar-refractivity contribution < 1.29 is 21.6 Å². The first-order valence-corrected chi connectivity index (χ1v) is 8.18. The van der Waals surface area contributed by atoms with Crippen LogP contribution < -0.4 is 4.72 Å². The fraction of sp³-hybridized carbons (Fsp3) is 0.833. The Hall–Kier alpha value is -0.600. The van der Waals surface area contributed by atoms with Crippen molar-refractivity contribution in [2.24, 2.45) is 11.8 Å². The fourth-order valence-electron chi connectivity index (χ4n) is 3.91. The zero-order chi connectivity index (χ0) is 14.6. The highest BCUT2D eigenvalue weighted by molar-refractivity contribution is 7.87. The maximum atomic E-state index is 12.6. The summed E-state index contributed by atoms with van der Waals surface area (Å²) in [7, 11) is -4.03. The predicted molar refractivity (Wildman–Crippen MR) is 67.0 cm³/mol. The molecule has 2 aliphatic carbocycles. The van der Waals surface area contributed by atoms with Gasteiger partial charge in [-0.3, -0.25) is 0 Å². The van der Waals surface area contributed by atoms with E-state index in [4.69, 9.17) is 0 Å². The van der Waals surface area contributed by atoms with Crippen LogP contribution in [0.1, 0.15) is 25.7 Å². The average molecular weight is 310 g/mol. The Morgan fingerprint density at radius 1 is 1.20 bits per heavy atom. The van der Waals surface area contributed by atoms with Crippen LogP contribution >= 0.6 is 0 Å². The highest BCUT2D eigenvalue weighted by atomic mass is 32.2. The molecule has 114 valence electrons. The SMILES string of the molecule is O=S1(=O)NC2(CN1CC(F)(F)F)C1CC=CCC2CC1. The minimum atomic E-state index is -4.51. The lowest BCUT2D eigenvalue weighted by Gasteiger charge is -2.33. The van der Waals surface area contributed by atoms with Crippen molar-refractivity contribution in [1.82, 2.24) is 9.03 Å². The molecule has 3 rings (SSSR count). The van der Waals surface area contributed by atoms with Gasteiger partial charge in [-0.15, -0.1) is 0 Å². The van der Waals surface area contributed by atoms with Crippen molar-refractivity contribution in [3.05, 3.63) is 12.2 Å².